The smallest absolute Gasteiger partial charge is 0.150 e. The second kappa shape index (κ2) is 3.96. The quantitative estimate of drug-likeness (QED) is 0.847. The zero-order valence-corrected chi connectivity index (χ0v) is 8.32. The van der Waals surface area contributed by atoms with Gasteiger partial charge in [-0.25, -0.2) is 9.07 Å². The molecule has 0 saturated heterocycles. The molecule has 78 valence electrons. The van der Waals surface area contributed by atoms with Gasteiger partial charge in [-0.2, -0.15) is 0 Å². The minimum absolute atomic E-state index is 0.227. The van der Waals surface area contributed by atoms with E-state index in [9.17, 15) is 4.39 Å². The van der Waals surface area contributed by atoms with Crippen LogP contribution in [0, 0.1) is 5.82 Å². The van der Waals surface area contributed by atoms with E-state index in [0.29, 0.717) is 10.7 Å². The highest BCUT2D eigenvalue weighted by Gasteiger charge is 2.07. The van der Waals surface area contributed by atoms with Gasteiger partial charge in [-0.3, -0.25) is 0 Å². The van der Waals surface area contributed by atoms with Crippen molar-refractivity contribution in [2.75, 3.05) is 0 Å². The van der Waals surface area contributed by atoms with Gasteiger partial charge in [0.15, 0.2) is 0 Å². The van der Waals surface area contributed by atoms with Crippen molar-refractivity contribution in [1.29, 1.82) is 0 Å². The normalized spacial score (nSPS) is 10.6. The molecule has 0 amide bonds. The Hall–Kier alpha value is -1.46. The number of rotatable bonds is 2. The predicted octanol–water partition coefficient (Wildman–Crippen LogP) is 1.55. The zero-order chi connectivity index (χ0) is 10.8. The number of aromatic nitrogens is 3. The van der Waals surface area contributed by atoms with Gasteiger partial charge in [0.05, 0.1) is 12.8 Å². The summed E-state index contributed by atoms with van der Waals surface area (Å²) in [7, 11) is 0. The maximum Gasteiger partial charge on any atom is 0.150 e. The van der Waals surface area contributed by atoms with Gasteiger partial charge >= 0.3 is 0 Å². The first-order valence-corrected chi connectivity index (χ1v) is 4.56. The Morgan fingerprint density at radius 3 is 2.87 bits per heavy atom. The van der Waals surface area contributed by atoms with Gasteiger partial charge in [-0.05, 0) is 18.2 Å². The van der Waals surface area contributed by atoms with E-state index in [1.54, 1.807) is 6.07 Å². The molecule has 0 radical (unpaired) electrons. The molecule has 2 aromatic rings. The third-order valence-electron chi connectivity index (χ3n) is 1.86. The van der Waals surface area contributed by atoms with Crippen molar-refractivity contribution in [2.45, 2.75) is 6.61 Å². The van der Waals surface area contributed by atoms with Crippen LogP contribution in [0.15, 0.2) is 24.4 Å². The fraction of sp³-hybridized carbons (Fsp3) is 0.111. The highest BCUT2D eigenvalue weighted by molar-refractivity contribution is 6.30. The number of aliphatic hydroxyl groups is 1. The summed E-state index contributed by atoms with van der Waals surface area (Å²) in [5, 5.41) is 16.4. The van der Waals surface area contributed by atoms with Crippen LogP contribution in [0.1, 0.15) is 5.69 Å². The summed E-state index contributed by atoms with van der Waals surface area (Å²) >= 11 is 5.61. The topological polar surface area (TPSA) is 50.9 Å². The van der Waals surface area contributed by atoms with Crippen LogP contribution < -0.4 is 0 Å². The first kappa shape index (κ1) is 10.1. The third kappa shape index (κ3) is 1.98. The molecule has 15 heavy (non-hydrogen) atoms. The number of benzene rings is 1. The monoisotopic (exact) mass is 227 g/mol. The van der Waals surface area contributed by atoms with E-state index in [1.165, 1.54) is 23.0 Å². The fourth-order valence-corrected chi connectivity index (χ4v) is 1.31. The zero-order valence-electron chi connectivity index (χ0n) is 7.56. The predicted molar refractivity (Wildman–Crippen MR) is 52.2 cm³/mol. The average molecular weight is 228 g/mol. The Balaban J connectivity index is 2.44. The number of hydrogen-bond donors (Lipinski definition) is 1. The molecule has 0 atom stereocenters. The lowest BCUT2D eigenvalue weighted by Gasteiger charge is -2.01. The number of nitrogens with zero attached hydrogens (tertiary/aromatic N) is 3. The highest BCUT2D eigenvalue weighted by Crippen LogP contribution is 2.17. The largest absolute Gasteiger partial charge is 0.390 e. The van der Waals surface area contributed by atoms with Crippen LogP contribution in [0.4, 0.5) is 4.39 Å². The molecule has 0 unspecified atom stereocenters. The lowest BCUT2D eigenvalue weighted by atomic mass is 10.3. The molecular formula is C9H7ClFN3O. The van der Waals surface area contributed by atoms with Crippen LogP contribution in [0.3, 0.4) is 0 Å². The molecule has 0 spiro atoms. The number of halogens is 2. The lowest BCUT2D eigenvalue weighted by Crippen LogP contribution is -1.98. The molecular weight excluding hydrogens is 221 g/mol. The van der Waals surface area contributed by atoms with Crippen molar-refractivity contribution in [2.24, 2.45) is 0 Å². The average Bonchev–Trinajstić information content (AvgIpc) is 2.66. The van der Waals surface area contributed by atoms with Gasteiger partial charge in [0, 0.05) is 5.02 Å². The summed E-state index contributed by atoms with van der Waals surface area (Å²) in [4.78, 5) is 0. The van der Waals surface area contributed by atoms with Crippen LogP contribution in [0.25, 0.3) is 5.69 Å². The Morgan fingerprint density at radius 2 is 2.27 bits per heavy atom. The molecule has 1 aromatic carbocycles. The Bertz CT molecular complexity index is 486. The minimum atomic E-state index is -0.489. The summed E-state index contributed by atoms with van der Waals surface area (Å²) in [5.41, 5.74) is 0.621. The highest BCUT2D eigenvalue weighted by atomic mass is 35.5. The molecule has 6 heteroatoms. The minimum Gasteiger partial charge on any atom is -0.390 e. The first-order valence-electron chi connectivity index (χ1n) is 4.18. The van der Waals surface area contributed by atoms with Crippen molar-refractivity contribution < 1.29 is 9.50 Å². The summed E-state index contributed by atoms with van der Waals surface area (Å²) in [5.74, 6) is -0.489. The van der Waals surface area contributed by atoms with Crippen molar-refractivity contribution in [3.05, 3.63) is 40.9 Å². The molecule has 0 aliphatic rings. The van der Waals surface area contributed by atoms with Gasteiger partial charge in [-0.15, -0.1) is 5.10 Å². The maximum absolute atomic E-state index is 13.4. The molecule has 1 aromatic heterocycles. The second-order valence-corrected chi connectivity index (χ2v) is 3.34. The Morgan fingerprint density at radius 1 is 1.47 bits per heavy atom. The van der Waals surface area contributed by atoms with Gasteiger partial charge in [0.1, 0.15) is 17.2 Å². The SMILES string of the molecule is OCc1cn(-c2ccc(Cl)cc2F)nn1. The molecule has 0 aliphatic heterocycles. The first-order chi connectivity index (χ1) is 7.20. The Labute approximate surface area is 89.9 Å². The van der Waals surface area contributed by atoms with E-state index >= 15 is 0 Å². The van der Waals surface area contributed by atoms with Gasteiger partial charge in [-0.1, -0.05) is 16.8 Å². The number of hydrogen-bond acceptors (Lipinski definition) is 3. The van der Waals surface area contributed by atoms with Gasteiger partial charge in [0.25, 0.3) is 0 Å². The van der Waals surface area contributed by atoms with E-state index in [1.807, 2.05) is 0 Å². The van der Waals surface area contributed by atoms with E-state index in [4.69, 9.17) is 16.7 Å². The van der Waals surface area contributed by atoms with Gasteiger partial charge < -0.3 is 5.11 Å². The summed E-state index contributed by atoms with van der Waals surface area (Å²) in [6, 6.07) is 4.24. The lowest BCUT2D eigenvalue weighted by molar-refractivity contribution is 0.276. The van der Waals surface area contributed by atoms with Crippen molar-refractivity contribution in [3.8, 4) is 5.69 Å². The van der Waals surface area contributed by atoms with Crippen LogP contribution >= 0.6 is 11.6 Å². The molecule has 1 heterocycles. The van der Waals surface area contributed by atoms with Crippen LogP contribution in [-0.2, 0) is 6.61 Å². The Kier molecular flexibility index (Phi) is 2.66. The molecule has 1 N–H and O–H groups in total. The molecule has 0 aliphatic carbocycles. The van der Waals surface area contributed by atoms with E-state index in [2.05, 4.69) is 10.3 Å². The van der Waals surface area contributed by atoms with E-state index in [-0.39, 0.29) is 12.3 Å². The molecule has 0 saturated carbocycles. The van der Waals surface area contributed by atoms with Gasteiger partial charge in [0.2, 0.25) is 0 Å². The molecule has 0 fully saturated rings. The molecule has 2 rings (SSSR count). The van der Waals surface area contributed by atoms with Crippen molar-refractivity contribution >= 4 is 11.6 Å². The van der Waals surface area contributed by atoms with Crippen LogP contribution in [0.2, 0.25) is 5.02 Å². The number of aliphatic hydroxyl groups excluding tert-OH is 1. The van der Waals surface area contributed by atoms with E-state index in [0.717, 1.165) is 0 Å². The van der Waals surface area contributed by atoms with E-state index < -0.39 is 5.82 Å². The van der Waals surface area contributed by atoms with Crippen LogP contribution in [-0.4, -0.2) is 20.1 Å². The van der Waals surface area contributed by atoms with Crippen molar-refractivity contribution in [3.63, 3.8) is 0 Å². The summed E-state index contributed by atoms with van der Waals surface area (Å²) < 4.78 is 14.7. The molecule has 0 bridgehead atoms. The standard InChI is InChI=1S/C9H7ClFN3O/c10-6-1-2-9(8(11)3-6)14-4-7(5-15)12-13-14/h1-4,15H,5H2. The summed E-state index contributed by atoms with van der Waals surface area (Å²) in [6.07, 6.45) is 1.45. The fourth-order valence-electron chi connectivity index (χ4n) is 1.16. The second-order valence-electron chi connectivity index (χ2n) is 2.91. The van der Waals surface area contributed by atoms with Crippen LogP contribution in [0.5, 0.6) is 0 Å². The van der Waals surface area contributed by atoms with Crippen molar-refractivity contribution in [1.82, 2.24) is 15.0 Å². The third-order valence-corrected chi connectivity index (χ3v) is 2.09. The maximum atomic E-state index is 13.4. The summed E-state index contributed by atoms with van der Waals surface area (Å²) in [6.45, 7) is -0.227. The molecule has 4 nitrogen and oxygen atoms in total.